The monoisotopic (exact) mass is 282 g/mol. The molecule has 0 radical (unpaired) electrons. The molecule has 5 heteroatoms. The summed E-state index contributed by atoms with van der Waals surface area (Å²) in [5, 5.41) is 6.73. The van der Waals surface area contributed by atoms with Crippen molar-refractivity contribution in [3.8, 4) is 0 Å². The van der Waals surface area contributed by atoms with E-state index in [0.29, 0.717) is 6.04 Å². The predicted molar refractivity (Wildman–Crippen MR) is 81.5 cm³/mol. The van der Waals surface area contributed by atoms with Crippen molar-refractivity contribution in [1.29, 1.82) is 0 Å². The van der Waals surface area contributed by atoms with E-state index in [1.807, 2.05) is 0 Å². The summed E-state index contributed by atoms with van der Waals surface area (Å²) in [5.41, 5.74) is 1.22. The zero-order valence-electron chi connectivity index (χ0n) is 12.4. The van der Waals surface area contributed by atoms with Crippen molar-refractivity contribution < 1.29 is 0 Å². The lowest BCUT2D eigenvalue weighted by molar-refractivity contribution is 0.128. The molecule has 0 aromatic carbocycles. The molecule has 0 saturated carbocycles. The first-order valence-electron chi connectivity index (χ1n) is 7.21. The van der Waals surface area contributed by atoms with Gasteiger partial charge in [0.2, 0.25) is 0 Å². The van der Waals surface area contributed by atoms with Gasteiger partial charge in [0.25, 0.3) is 0 Å². The number of nitrogens with zero attached hydrogens (tertiary/aromatic N) is 3. The van der Waals surface area contributed by atoms with E-state index in [1.54, 1.807) is 11.3 Å². The molecular formula is C14H26N4S. The molecule has 1 fully saturated rings. The average Bonchev–Trinajstić information content (AvgIpc) is 2.84. The number of likely N-dealkylation sites (tertiary alicyclic amines) is 1. The highest BCUT2D eigenvalue weighted by Gasteiger charge is 2.21. The van der Waals surface area contributed by atoms with Crippen LogP contribution in [0, 0.1) is 0 Å². The molecule has 1 saturated heterocycles. The van der Waals surface area contributed by atoms with Crippen molar-refractivity contribution in [2.45, 2.75) is 38.9 Å². The van der Waals surface area contributed by atoms with Crippen molar-refractivity contribution in [1.82, 2.24) is 20.1 Å². The molecule has 2 heterocycles. The zero-order chi connectivity index (χ0) is 13.7. The van der Waals surface area contributed by atoms with Gasteiger partial charge in [0.15, 0.2) is 0 Å². The molecule has 0 amide bonds. The second-order valence-corrected chi connectivity index (χ2v) is 6.43. The largest absolute Gasteiger partial charge is 0.311 e. The molecular weight excluding hydrogens is 256 g/mol. The number of nitrogens with one attached hydrogen (secondary N) is 1. The van der Waals surface area contributed by atoms with E-state index >= 15 is 0 Å². The fourth-order valence-corrected chi connectivity index (χ4v) is 3.37. The van der Waals surface area contributed by atoms with Crippen molar-refractivity contribution >= 4 is 11.3 Å². The van der Waals surface area contributed by atoms with Gasteiger partial charge in [0, 0.05) is 31.1 Å². The molecule has 0 aliphatic carbocycles. The standard InChI is InChI=1S/C14H26N4S/c1-4-15-8-14-16-12(11-19-14)9-18(3)13-6-5-7-17(2)10-13/h11,13,15H,4-10H2,1-3H3. The highest BCUT2D eigenvalue weighted by atomic mass is 32.1. The number of hydrogen-bond acceptors (Lipinski definition) is 5. The first kappa shape index (κ1) is 14.9. The van der Waals surface area contributed by atoms with Crippen LogP contribution < -0.4 is 5.32 Å². The van der Waals surface area contributed by atoms with Gasteiger partial charge in [-0.15, -0.1) is 11.3 Å². The average molecular weight is 282 g/mol. The molecule has 0 spiro atoms. The van der Waals surface area contributed by atoms with Crippen LogP contribution in [0.1, 0.15) is 30.5 Å². The smallest absolute Gasteiger partial charge is 0.107 e. The Morgan fingerprint density at radius 2 is 2.42 bits per heavy atom. The SMILES string of the molecule is CCNCc1nc(CN(C)C2CCCN(C)C2)cs1. The second-order valence-electron chi connectivity index (χ2n) is 5.49. The van der Waals surface area contributed by atoms with Crippen LogP contribution in [0.5, 0.6) is 0 Å². The summed E-state index contributed by atoms with van der Waals surface area (Å²) in [4.78, 5) is 9.60. The van der Waals surface area contributed by atoms with E-state index in [0.717, 1.165) is 19.6 Å². The molecule has 0 bridgehead atoms. The van der Waals surface area contributed by atoms with E-state index < -0.39 is 0 Å². The van der Waals surface area contributed by atoms with Crippen LogP contribution >= 0.6 is 11.3 Å². The lowest BCUT2D eigenvalue weighted by Gasteiger charge is -2.35. The lowest BCUT2D eigenvalue weighted by Crippen LogP contribution is -2.44. The third kappa shape index (κ3) is 4.53. The molecule has 1 atom stereocenters. The topological polar surface area (TPSA) is 31.4 Å². The van der Waals surface area contributed by atoms with Crippen molar-refractivity contribution in [3.63, 3.8) is 0 Å². The Bertz CT molecular complexity index is 379. The number of aromatic nitrogens is 1. The van der Waals surface area contributed by atoms with Gasteiger partial charge in [0.05, 0.1) is 5.69 Å². The number of rotatable bonds is 6. The summed E-state index contributed by atoms with van der Waals surface area (Å²) in [6, 6.07) is 0.678. The van der Waals surface area contributed by atoms with Gasteiger partial charge in [-0.3, -0.25) is 4.90 Å². The van der Waals surface area contributed by atoms with Gasteiger partial charge in [-0.25, -0.2) is 4.98 Å². The van der Waals surface area contributed by atoms with Gasteiger partial charge >= 0.3 is 0 Å². The van der Waals surface area contributed by atoms with Crippen LogP contribution in [-0.2, 0) is 13.1 Å². The summed E-state index contributed by atoms with van der Waals surface area (Å²) in [5.74, 6) is 0. The van der Waals surface area contributed by atoms with Gasteiger partial charge in [0.1, 0.15) is 5.01 Å². The van der Waals surface area contributed by atoms with Crippen LogP contribution in [0.4, 0.5) is 0 Å². The summed E-state index contributed by atoms with van der Waals surface area (Å²) in [6.45, 7) is 7.43. The van der Waals surface area contributed by atoms with Crippen molar-refractivity contribution in [2.24, 2.45) is 0 Å². The second kappa shape index (κ2) is 7.33. The van der Waals surface area contributed by atoms with Crippen molar-refractivity contribution in [3.05, 3.63) is 16.1 Å². The van der Waals surface area contributed by atoms with Crippen LogP contribution in [0.3, 0.4) is 0 Å². The molecule has 19 heavy (non-hydrogen) atoms. The van der Waals surface area contributed by atoms with Gasteiger partial charge in [-0.2, -0.15) is 0 Å². The van der Waals surface area contributed by atoms with E-state index in [2.05, 4.69) is 41.5 Å². The molecule has 1 aromatic rings. The minimum Gasteiger partial charge on any atom is -0.311 e. The fraction of sp³-hybridized carbons (Fsp3) is 0.786. The third-order valence-corrected chi connectivity index (χ3v) is 4.66. The Hall–Kier alpha value is -0.490. The highest BCUT2D eigenvalue weighted by Crippen LogP contribution is 2.17. The number of piperidine rings is 1. The maximum absolute atomic E-state index is 4.70. The highest BCUT2D eigenvalue weighted by molar-refractivity contribution is 7.09. The lowest BCUT2D eigenvalue weighted by atomic mass is 10.1. The first-order chi connectivity index (χ1) is 9.19. The van der Waals surface area contributed by atoms with Crippen LogP contribution in [0.15, 0.2) is 5.38 Å². The summed E-state index contributed by atoms with van der Waals surface area (Å²) < 4.78 is 0. The number of hydrogen-bond donors (Lipinski definition) is 1. The molecule has 1 N–H and O–H groups in total. The Labute approximate surface area is 120 Å². The minimum absolute atomic E-state index is 0.678. The van der Waals surface area contributed by atoms with E-state index in [-0.39, 0.29) is 0 Å². The molecule has 4 nitrogen and oxygen atoms in total. The summed E-state index contributed by atoms with van der Waals surface area (Å²) in [7, 11) is 4.45. The van der Waals surface area contributed by atoms with Crippen LogP contribution in [-0.4, -0.2) is 54.6 Å². The van der Waals surface area contributed by atoms with E-state index in [9.17, 15) is 0 Å². The zero-order valence-corrected chi connectivity index (χ0v) is 13.2. The van der Waals surface area contributed by atoms with Gasteiger partial charge < -0.3 is 10.2 Å². The fourth-order valence-electron chi connectivity index (χ4n) is 2.62. The number of thiazole rings is 1. The maximum atomic E-state index is 4.70. The molecule has 1 aliphatic heterocycles. The predicted octanol–water partition coefficient (Wildman–Crippen LogP) is 1.78. The normalized spacial score (nSPS) is 21.2. The Kier molecular flexibility index (Phi) is 5.76. The molecule has 1 unspecified atom stereocenters. The van der Waals surface area contributed by atoms with Gasteiger partial charge in [-0.1, -0.05) is 6.92 Å². The van der Waals surface area contributed by atoms with E-state index in [4.69, 9.17) is 4.98 Å². The Balaban J connectivity index is 1.84. The number of likely N-dealkylation sites (N-methyl/N-ethyl adjacent to an activating group) is 2. The van der Waals surface area contributed by atoms with E-state index in [1.165, 1.54) is 36.6 Å². The maximum Gasteiger partial charge on any atom is 0.107 e. The van der Waals surface area contributed by atoms with Crippen LogP contribution in [0.25, 0.3) is 0 Å². The summed E-state index contributed by atoms with van der Waals surface area (Å²) in [6.07, 6.45) is 2.63. The van der Waals surface area contributed by atoms with Crippen LogP contribution in [0.2, 0.25) is 0 Å². The molecule has 108 valence electrons. The quantitative estimate of drug-likeness (QED) is 0.862. The Morgan fingerprint density at radius 3 is 3.16 bits per heavy atom. The molecule has 2 rings (SSSR count). The Morgan fingerprint density at radius 1 is 1.58 bits per heavy atom. The van der Waals surface area contributed by atoms with Crippen molar-refractivity contribution in [2.75, 3.05) is 33.7 Å². The minimum atomic E-state index is 0.678. The van der Waals surface area contributed by atoms with Gasteiger partial charge in [-0.05, 0) is 40.0 Å². The molecule has 1 aliphatic rings. The first-order valence-corrected chi connectivity index (χ1v) is 8.09. The summed E-state index contributed by atoms with van der Waals surface area (Å²) >= 11 is 1.77. The molecule has 1 aromatic heterocycles. The third-order valence-electron chi connectivity index (χ3n) is 3.76.